The van der Waals surface area contributed by atoms with E-state index in [4.69, 9.17) is 15.3 Å². The van der Waals surface area contributed by atoms with Gasteiger partial charge in [-0.15, -0.1) is 0 Å². The molecular weight excluding hydrogens is 418 g/mol. The van der Waals surface area contributed by atoms with E-state index < -0.39 is 29.8 Å². The fourth-order valence-corrected chi connectivity index (χ4v) is 3.10. The summed E-state index contributed by atoms with van der Waals surface area (Å²) in [6.07, 6.45) is -0.671. The average Bonchev–Trinajstić information content (AvgIpc) is 3.17. The maximum Gasteiger partial charge on any atom is 0.308 e. The number of aliphatic carboxylic acids is 1. The minimum Gasteiger partial charge on any atom is -0.484 e. The molecule has 0 saturated carbocycles. The third-order valence-electron chi connectivity index (χ3n) is 4.75. The summed E-state index contributed by atoms with van der Waals surface area (Å²) in [5, 5.41) is 15.9. The normalized spacial score (nSPS) is 17.1. The smallest absolute Gasteiger partial charge is 0.308 e. The third kappa shape index (κ3) is 5.28. The van der Waals surface area contributed by atoms with E-state index in [1.165, 1.54) is 6.92 Å². The molecule has 0 spiro atoms. The van der Waals surface area contributed by atoms with Crippen LogP contribution >= 0.6 is 0 Å². The van der Waals surface area contributed by atoms with E-state index in [1.807, 2.05) is 0 Å². The summed E-state index contributed by atoms with van der Waals surface area (Å²) in [7, 11) is 0. The van der Waals surface area contributed by atoms with Gasteiger partial charge >= 0.3 is 5.97 Å². The summed E-state index contributed by atoms with van der Waals surface area (Å²) >= 11 is 0. The highest BCUT2D eigenvalue weighted by Crippen LogP contribution is 2.32. The summed E-state index contributed by atoms with van der Waals surface area (Å²) in [6, 6.07) is 12.7. The first-order chi connectivity index (χ1) is 15.2. The standard InChI is InChI=1S/C22H21N3O7/c1-13(26)14-2-6-16(7-3-14)24-21(30)22(11-20(28)29)10-18(25-32-22)15-4-8-17(9-5-15)31-12-19(23)27/h2-9H,10-12H2,1H3,(H2,23,27)(H,24,30)(H,28,29). The Kier molecular flexibility index (Phi) is 6.53. The highest BCUT2D eigenvalue weighted by atomic mass is 16.7. The fourth-order valence-electron chi connectivity index (χ4n) is 3.10. The zero-order valence-corrected chi connectivity index (χ0v) is 17.2. The molecule has 0 radical (unpaired) electrons. The van der Waals surface area contributed by atoms with Crippen LogP contribution in [0.4, 0.5) is 5.69 Å². The Morgan fingerprint density at radius 2 is 1.78 bits per heavy atom. The average molecular weight is 439 g/mol. The number of carbonyl (C=O) groups is 4. The van der Waals surface area contributed by atoms with Crippen LogP contribution in [-0.2, 0) is 19.2 Å². The number of carbonyl (C=O) groups excluding carboxylic acids is 3. The molecule has 1 aliphatic heterocycles. The number of amides is 2. The van der Waals surface area contributed by atoms with E-state index in [1.54, 1.807) is 48.5 Å². The number of carboxylic acids is 1. The Labute approximate surface area is 183 Å². The summed E-state index contributed by atoms with van der Waals surface area (Å²) in [5.74, 6) is -2.21. The number of anilines is 1. The maximum atomic E-state index is 13.0. The topological polar surface area (TPSA) is 157 Å². The zero-order valence-electron chi connectivity index (χ0n) is 17.2. The monoisotopic (exact) mass is 439 g/mol. The largest absolute Gasteiger partial charge is 0.484 e. The van der Waals surface area contributed by atoms with E-state index in [0.29, 0.717) is 28.3 Å². The van der Waals surface area contributed by atoms with Gasteiger partial charge in [0, 0.05) is 17.7 Å². The van der Waals surface area contributed by atoms with Crippen molar-refractivity contribution in [3.05, 3.63) is 59.7 Å². The molecular formula is C22H21N3O7. The van der Waals surface area contributed by atoms with Gasteiger partial charge in [-0.25, -0.2) is 0 Å². The van der Waals surface area contributed by atoms with Gasteiger partial charge in [0.05, 0.1) is 12.1 Å². The molecule has 0 bridgehead atoms. The molecule has 2 amide bonds. The van der Waals surface area contributed by atoms with Gasteiger partial charge in [-0.05, 0) is 61.0 Å². The molecule has 0 fully saturated rings. The number of oxime groups is 1. The Bertz CT molecular complexity index is 1080. The number of hydrogen-bond acceptors (Lipinski definition) is 7. The van der Waals surface area contributed by atoms with Gasteiger partial charge in [0.2, 0.25) is 5.60 Å². The van der Waals surface area contributed by atoms with Crippen molar-refractivity contribution in [2.24, 2.45) is 10.9 Å². The van der Waals surface area contributed by atoms with Crippen LogP contribution in [0.5, 0.6) is 5.75 Å². The van der Waals surface area contributed by atoms with Crippen LogP contribution in [0.2, 0.25) is 0 Å². The number of Topliss-reactive ketones (excluding diaryl/α,β-unsaturated/α-hetero) is 1. The number of nitrogens with two attached hydrogens (primary N) is 1. The predicted molar refractivity (Wildman–Crippen MR) is 113 cm³/mol. The lowest BCUT2D eigenvalue weighted by molar-refractivity contribution is -0.152. The molecule has 10 nitrogen and oxygen atoms in total. The number of benzene rings is 2. The molecule has 4 N–H and O–H groups in total. The Morgan fingerprint density at radius 3 is 2.34 bits per heavy atom. The summed E-state index contributed by atoms with van der Waals surface area (Å²) in [5.41, 5.74) is 5.16. The van der Waals surface area contributed by atoms with Crippen molar-refractivity contribution < 1.29 is 33.9 Å². The maximum absolute atomic E-state index is 13.0. The number of nitrogens with one attached hydrogen (secondary N) is 1. The minimum absolute atomic E-state index is 0.0713. The second-order valence-electron chi connectivity index (χ2n) is 7.24. The fraction of sp³-hybridized carbons (Fsp3) is 0.227. The number of ether oxygens (including phenoxy) is 1. The first-order valence-electron chi connectivity index (χ1n) is 9.59. The molecule has 166 valence electrons. The van der Waals surface area contributed by atoms with E-state index in [-0.39, 0.29) is 18.8 Å². The number of hydrogen-bond donors (Lipinski definition) is 3. The summed E-state index contributed by atoms with van der Waals surface area (Å²) in [6.45, 7) is 1.16. The van der Waals surface area contributed by atoms with Crippen molar-refractivity contribution in [3.8, 4) is 5.75 Å². The van der Waals surface area contributed by atoms with Gasteiger partial charge < -0.3 is 25.7 Å². The summed E-state index contributed by atoms with van der Waals surface area (Å²) < 4.78 is 5.20. The van der Waals surface area contributed by atoms with Crippen molar-refractivity contribution in [1.82, 2.24) is 0 Å². The quantitative estimate of drug-likeness (QED) is 0.502. The van der Waals surface area contributed by atoms with Crippen LogP contribution < -0.4 is 15.8 Å². The second-order valence-corrected chi connectivity index (χ2v) is 7.24. The van der Waals surface area contributed by atoms with Crippen molar-refractivity contribution in [1.29, 1.82) is 0 Å². The molecule has 0 aromatic heterocycles. The second kappa shape index (κ2) is 9.29. The van der Waals surface area contributed by atoms with Crippen molar-refractivity contribution in [3.63, 3.8) is 0 Å². The van der Waals surface area contributed by atoms with Crippen LogP contribution in [0.15, 0.2) is 53.7 Å². The zero-order chi connectivity index (χ0) is 23.3. The van der Waals surface area contributed by atoms with Crippen LogP contribution in [0.25, 0.3) is 0 Å². The lowest BCUT2D eigenvalue weighted by atomic mass is 9.90. The van der Waals surface area contributed by atoms with Crippen LogP contribution in [0.1, 0.15) is 35.7 Å². The van der Waals surface area contributed by atoms with Gasteiger partial charge in [0.1, 0.15) is 5.75 Å². The highest BCUT2D eigenvalue weighted by Gasteiger charge is 2.48. The van der Waals surface area contributed by atoms with Gasteiger partial charge in [0.15, 0.2) is 12.4 Å². The minimum atomic E-state index is -1.73. The van der Waals surface area contributed by atoms with Crippen molar-refractivity contribution >= 4 is 35.0 Å². The predicted octanol–water partition coefficient (Wildman–Crippen LogP) is 1.73. The Balaban J connectivity index is 1.74. The van der Waals surface area contributed by atoms with Gasteiger partial charge in [-0.2, -0.15) is 0 Å². The van der Waals surface area contributed by atoms with Gasteiger partial charge in [-0.3, -0.25) is 19.2 Å². The summed E-state index contributed by atoms with van der Waals surface area (Å²) in [4.78, 5) is 52.0. The number of rotatable bonds is 9. The number of nitrogens with zero attached hydrogens (tertiary/aromatic N) is 1. The van der Waals surface area contributed by atoms with E-state index in [2.05, 4.69) is 10.5 Å². The molecule has 0 saturated heterocycles. The van der Waals surface area contributed by atoms with Gasteiger partial charge in [-0.1, -0.05) is 5.16 Å². The first kappa shape index (κ1) is 22.5. The molecule has 2 aromatic rings. The van der Waals surface area contributed by atoms with E-state index >= 15 is 0 Å². The number of carboxylic acid groups (broad SMARTS) is 1. The molecule has 3 rings (SSSR count). The number of ketones is 1. The number of primary amides is 1. The first-order valence-corrected chi connectivity index (χ1v) is 9.59. The lowest BCUT2D eigenvalue weighted by Gasteiger charge is -2.23. The Hall–Kier alpha value is -4.21. The van der Waals surface area contributed by atoms with Crippen LogP contribution in [0.3, 0.4) is 0 Å². The molecule has 1 unspecified atom stereocenters. The SMILES string of the molecule is CC(=O)c1ccc(NC(=O)C2(CC(=O)O)CC(c3ccc(OCC(N)=O)cc3)=NO2)cc1. The van der Waals surface area contributed by atoms with Crippen LogP contribution in [0, 0.1) is 0 Å². The van der Waals surface area contributed by atoms with Crippen molar-refractivity contribution in [2.45, 2.75) is 25.4 Å². The Morgan fingerprint density at radius 1 is 1.12 bits per heavy atom. The molecule has 10 heteroatoms. The van der Waals surface area contributed by atoms with E-state index in [9.17, 15) is 24.3 Å². The molecule has 1 aliphatic rings. The molecule has 0 aliphatic carbocycles. The van der Waals surface area contributed by atoms with E-state index in [0.717, 1.165) is 0 Å². The highest BCUT2D eigenvalue weighted by molar-refractivity contribution is 6.09. The molecule has 1 atom stereocenters. The van der Waals surface area contributed by atoms with Crippen LogP contribution in [-0.4, -0.2) is 46.6 Å². The molecule has 2 aromatic carbocycles. The van der Waals surface area contributed by atoms with Crippen molar-refractivity contribution in [2.75, 3.05) is 11.9 Å². The van der Waals surface area contributed by atoms with Gasteiger partial charge in [0.25, 0.3) is 11.8 Å². The molecule has 32 heavy (non-hydrogen) atoms. The third-order valence-corrected chi connectivity index (χ3v) is 4.75. The molecule has 1 heterocycles. The lowest BCUT2D eigenvalue weighted by Crippen LogP contribution is -2.45.